The van der Waals surface area contributed by atoms with Gasteiger partial charge in [0.1, 0.15) is 35.9 Å². The molecule has 0 saturated carbocycles. The van der Waals surface area contributed by atoms with E-state index in [1.165, 1.54) is 102 Å². The summed E-state index contributed by atoms with van der Waals surface area (Å²) in [6, 6.07) is 10.3. The number of hydrogen-bond donors (Lipinski definition) is 2. The Hall–Kier alpha value is -2.75. The maximum absolute atomic E-state index is 14.7. The highest BCUT2D eigenvalue weighted by Gasteiger charge is 2.30. The van der Waals surface area contributed by atoms with Crippen LogP contribution in [0.1, 0.15) is 159 Å². The van der Waals surface area contributed by atoms with Gasteiger partial charge in [-0.05, 0) is 37.5 Å². The number of rotatable bonds is 29. The van der Waals surface area contributed by atoms with Crippen LogP contribution in [-0.4, -0.2) is 58.1 Å². The van der Waals surface area contributed by atoms with Crippen molar-refractivity contribution in [2.75, 3.05) is 32.2 Å². The molecule has 1 aliphatic heterocycles. The van der Waals surface area contributed by atoms with Gasteiger partial charge in [-0.15, -0.1) is 0 Å². The van der Waals surface area contributed by atoms with E-state index in [1.54, 1.807) is 16.6 Å². The number of fused-ring (bicyclic) bond motifs is 1. The predicted molar refractivity (Wildman–Crippen MR) is 217 cm³/mol. The molecule has 13 heteroatoms. The molecule has 1 fully saturated rings. The molecule has 55 heavy (non-hydrogen) atoms. The van der Waals surface area contributed by atoms with Gasteiger partial charge in [0.05, 0.1) is 43.8 Å². The number of unbranched alkanes of at least 4 members (excludes halogenated alkanes) is 15. The van der Waals surface area contributed by atoms with Crippen molar-refractivity contribution in [1.29, 1.82) is 5.26 Å². The van der Waals surface area contributed by atoms with Crippen LogP contribution in [0.15, 0.2) is 36.7 Å². The second-order valence-electron chi connectivity index (χ2n) is 14.1. The maximum atomic E-state index is 14.7. The molecule has 1 aromatic carbocycles. The first-order chi connectivity index (χ1) is 27.0. The molecule has 4 unspecified atom stereocenters. The van der Waals surface area contributed by atoms with Crippen LogP contribution in [0, 0.1) is 17.1 Å². The Labute approximate surface area is 330 Å². The highest BCUT2D eigenvalue weighted by molar-refractivity contribution is 7.40. The molecule has 3 aromatic rings. The van der Waals surface area contributed by atoms with Gasteiger partial charge in [0.25, 0.3) is 0 Å². The normalized spacial score (nSPS) is 16.5. The Morgan fingerprint density at radius 1 is 0.927 bits per heavy atom. The second-order valence-corrected chi connectivity index (χ2v) is 15.0. The zero-order valence-electron chi connectivity index (χ0n) is 33.6. The van der Waals surface area contributed by atoms with Crippen LogP contribution in [0.5, 0.6) is 0 Å². The number of benzene rings is 1. The summed E-state index contributed by atoms with van der Waals surface area (Å²) in [7, 11) is -2.22. The number of anilines is 1. The quantitative estimate of drug-likeness (QED) is 0.0515. The standard InChI is InChI=1S/C40H61FN5O6P.C2H6/c1-2-3-4-5-6-7-8-9-10-11-12-13-14-15-16-17-25-48-28-35(49-27-33-20-18-19-32(26-42)39(33)41)30-51-53(47)50-29-34-21-24-38(52-34)36-22-23-37-40(43)44-31-45-46(36)37;1-2/h18-20,22-23,31,34-35,38,47H,2-17,21,24-25,27-30H2,1H3,(H2,43,44,45);1-2H3. The van der Waals surface area contributed by atoms with E-state index in [1.807, 2.05) is 32.0 Å². The van der Waals surface area contributed by atoms with Crippen LogP contribution in [0.2, 0.25) is 0 Å². The van der Waals surface area contributed by atoms with Gasteiger partial charge in [-0.3, -0.25) is 0 Å². The molecule has 3 N–H and O–H groups in total. The lowest BCUT2D eigenvalue weighted by Crippen LogP contribution is -2.26. The zero-order valence-corrected chi connectivity index (χ0v) is 34.5. The summed E-state index contributed by atoms with van der Waals surface area (Å²) in [6.07, 6.45) is 22.9. The highest BCUT2D eigenvalue weighted by atomic mass is 31.2. The van der Waals surface area contributed by atoms with Crippen molar-refractivity contribution in [3.05, 3.63) is 59.3 Å². The molecule has 0 radical (unpaired) electrons. The molecule has 0 spiro atoms. The van der Waals surface area contributed by atoms with Gasteiger partial charge in [-0.1, -0.05) is 129 Å². The average Bonchev–Trinajstić information content (AvgIpc) is 3.86. The molecule has 2 aromatic heterocycles. The topological polar surface area (TPSA) is 146 Å². The van der Waals surface area contributed by atoms with E-state index in [-0.39, 0.29) is 49.8 Å². The number of aromatic nitrogens is 3. The fourth-order valence-electron chi connectivity index (χ4n) is 6.69. The van der Waals surface area contributed by atoms with Crippen molar-refractivity contribution in [2.45, 2.75) is 161 Å². The predicted octanol–water partition coefficient (Wildman–Crippen LogP) is 10.7. The van der Waals surface area contributed by atoms with Gasteiger partial charge < -0.3 is 33.9 Å². The fourth-order valence-corrected chi connectivity index (χ4v) is 7.35. The monoisotopic (exact) mass is 787 g/mol. The van der Waals surface area contributed by atoms with Gasteiger partial charge in [0.15, 0.2) is 5.82 Å². The first kappa shape index (κ1) is 46.6. The summed E-state index contributed by atoms with van der Waals surface area (Å²) in [5.41, 5.74) is 7.81. The number of nitriles is 1. The van der Waals surface area contributed by atoms with Gasteiger partial charge in [-0.2, -0.15) is 10.4 Å². The summed E-state index contributed by atoms with van der Waals surface area (Å²) in [4.78, 5) is 14.6. The summed E-state index contributed by atoms with van der Waals surface area (Å²) in [6.45, 7) is 7.15. The number of ether oxygens (including phenoxy) is 3. The SMILES string of the molecule is CC.CCCCCCCCCCCCCCCCCCOCC(COP(O)OCC1CCC(c2ccc3c(N)ncnn23)O1)OCc1cccc(C#N)c1F. The van der Waals surface area contributed by atoms with Crippen molar-refractivity contribution >= 4 is 19.9 Å². The first-order valence-corrected chi connectivity index (χ1v) is 22.0. The van der Waals surface area contributed by atoms with Gasteiger partial charge in [0.2, 0.25) is 0 Å². The minimum Gasteiger partial charge on any atom is -0.382 e. The number of nitrogen functional groups attached to an aromatic ring is 1. The molecule has 1 saturated heterocycles. The average molecular weight is 788 g/mol. The molecule has 3 heterocycles. The van der Waals surface area contributed by atoms with Crippen LogP contribution < -0.4 is 5.73 Å². The van der Waals surface area contributed by atoms with E-state index in [9.17, 15) is 14.5 Å². The lowest BCUT2D eigenvalue weighted by molar-refractivity contribution is -0.0499. The lowest BCUT2D eigenvalue weighted by atomic mass is 10.0. The molecule has 4 rings (SSSR count). The lowest BCUT2D eigenvalue weighted by Gasteiger charge is -2.21. The van der Waals surface area contributed by atoms with Crippen molar-refractivity contribution in [3.63, 3.8) is 0 Å². The molecule has 0 aliphatic carbocycles. The third-order valence-electron chi connectivity index (χ3n) is 9.81. The molecule has 0 amide bonds. The third-order valence-corrected chi connectivity index (χ3v) is 10.5. The Balaban J connectivity index is 0.00000399. The van der Waals surface area contributed by atoms with Crippen LogP contribution in [0.4, 0.5) is 10.2 Å². The van der Waals surface area contributed by atoms with E-state index in [4.69, 9.17) is 29.0 Å². The van der Waals surface area contributed by atoms with Gasteiger partial charge >= 0.3 is 8.60 Å². The van der Waals surface area contributed by atoms with E-state index in [0.29, 0.717) is 12.4 Å². The third kappa shape index (κ3) is 17.5. The van der Waals surface area contributed by atoms with E-state index in [0.717, 1.165) is 36.9 Å². The first-order valence-electron chi connectivity index (χ1n) is 20.8. The van der Waals surface area contributed by atoms with Crippen molar-refractivity contribution in [3.8, 4) is 6.07 Å². The summed E-state index contributed by atoms with van der Waals surface area (Å²) in [5, 5.41) is 13.5. The van der Waals surface area contributed by atoms with Crippen LogP contribution >= 0.6 is 8.60 Å². The van der Waals surface area contributed by atoms with Crippen molar-refractivity contribution < 1.29 is 32.5 Å². The summed E-state index contributed by atoms with van der Waals surface area (Å²) in [5.74, 6) is -0.198. The minimum atomic E-state index is -2.22. The fraction of sp³-hybridized carbons (Fsp3) is 0.690. The van der Waals surface area contributed by atoms with Crippen molar-refractivity contribution in [2.24, 2.45) is 0 Å². The molecule has 1 aliphatic rings. The Bertz CT molecular complexity index is 1490. The molecule has 308 valence electrons. The van der Waals surface area contributed by atoms with E-state index < -0.39 is 20.5 Å². The number of hydrogen-bond acceptors (Lipinski definition) is 10. The number of nitrogens with two attached hydrogens (primary N) is 1. The Kier molecular flexibility index (Phi) is 24.3. The van der Waals surface area contributed by atoms with E-state index in [2.05, 4.69) is 17.0 Å². The number of nitrogens with zero attached hydrogens (tertiary/aromatic N) is 4. The smallest absolute Gasteiger partial charge is 0.330 e. The zero-order chi connectivity index (χ0) is 39.5. The van der Waals surface area contributed by atoms with Crippen molar-refractivity contribution in [1.82, 2.24) is 14.6 Å². The van der Waals surface area contributed by atoms with E-state index >= 15 is 0 Å². The Morgan fingerprint density at radius 2 is 1.58 bits per heavy atom. The molecular formula is C42H67FN5O6P. The van der Waals surface area contributed by atoms with Crippen LogP contribution in [0.3, 0.4) is 0 Å². The molecule has 0 bridgehead atoms. The summed E-state index contributed by atoms with van der Waals surface area (Å²) >= 11 is 0. The Morgan fingerprint density at radius 3 is 2.24 bits per heavy atom. The van der Waals surface area contributed by atoms with Crippen LogP contribution in [-0.2, 0) is 29.9 Å². The number of halogens is 1. The van der Waals surface area contributed by atoms with Gasteiger partial charge in [-0.25, -0.2) is 13.9 Å². The maximum Gasteiger partial charge on any atom is 0.330 e. The molecule has 4 atom stereocenters. The largest absolute Gasteiger partial charge is 0.382 e. The van der Waals surface area contributed by atoms with Crippen LogP contribution in [0.25, 0.3) is 5.52 Å². The molecule has 11 nitrogen and oxygen atoms in total. The second kappa shape index (κ2) is 28.6. The van der Waals surface area contributed by atoms with Gasteiger partial charge in [0, 0.05) is 12.2 Å². The molecular weight excluding hydrogens is 720 g/mol. The highest BCUT2D eigenvalue weighted by Crippen LogP contribution is 2.38. The summed E-state index contributed by atoms with van der Waals surface area (Å²) < 4.78 is 45.8. The minimum absolute atomic E-state index is 0.00780.